The van der Waals surface area contributed by atoms with E-state index in [0.29, 0.717) is 49.6 Å². The molecule has 2 aliphatic rings. The fourth-order valence-corrected chi connectivity index (χ4v) is 3.87. The summed E-state index contributed by atoms with van der Waals surface area (Å²) in [4.78, 5) is 6.17. The van der Waals surface area contributed by atoms with E-state index in [-0.39, 0.29) is 6.42 Å². The zero-order chi connectivity index (χ0) is 18.2. The lowest BCUT2D eigenvalue weighted by Crippen LogP contribution is -2.50. The first-order valence-corrected chi connectivity index (χ1v) is 10.2. The minimum atomic E-state index is -3.17. The molecule has 0 unspecified atom stereocenters. The minimum absolute atomic E-state index is 0.230. The van der Waals surface area contributed by atoms with E-state index >= 15 is 0 Å². The van der Waals surface area contributed by atoms with Crippen LogP contribution in [0, 0.1) is 5.41 Å². The van der Waals surface area contributed by atoms with Crippen molar-refractivity contribution in [3.63, 3.8) is 0 Å². The maximum absolute atomic E-state index is 11.5. The van der Waals surface area contributed by atoms with E-state index in [2.05, 4.69) is 10.1 Å². The van der Waals surface area contributed by atoms with Gasteiger partial charge in [-0.3, -0.25) is 10.1 Å². The second-order valence-corrected chi connectivity index (χ2v) is 8.68. The normalized spacial score (nSPS) is 20.1. The Hall–Kier alpha value is -1.94. The number of sulfonamides is 1. The summed E-state index contributed by atoms with van der Waals surface area (Å²) >= 11 is 0. The monoisotopic (exact) mass is 367 g/mol. The van der Waals surface area contributed by atoms with Crippen LogP contribution in [0.3, 0.4) is 0 Å². The number of nitrogens with two attached hydrogens (primary N) is 1. The smallest absolute Gasteiger partial charge is 0.211 e. The van der Waals surface area contributed by atoms with Crippen molar-refractivity contribution in [2.75, 3.05) is 32.4 Å². The van der Waals surface area contributed by atoms with E-state index in [9.17, 15) is 8.42 Å². The Kier molecular flexibility index (Phi) is 4.83. The first kappa shape index (κ1) is 17.9. The summed E-state index contributed by atoms with van der Waals surface area (Å²) in [5.74, 6) is 1.87. The lowest BCUT2D eigenvalue weighted by atomic mass is 10.2. The van der Waals surface area contributed by atoms with E-state index in [1.165, 1.54) is 29.1 Å². The summed E-state index contributed by atoms with van der Waals surface area (Å²) < 4.78 is 26.3. The molecule has 0 bridgehead atoms. The number of hydrogen-bond donors (Lipinski definition) is 2. The number of piperazine rings is 1. The van der Waals surface area contributed by atoms with Gasteiger partial charge in [0.1, 0.15) is 11.7 Å². The molecule has 10 heteroatoms. The Morgan fingerprint density at radius 3 is 2.56 bits per heavy atom. The topological polar surface area (TPSA) is 121 Å². The second kappa shape index (κ2) is 6.75. The summed E-state index contributed by atoms with van der Waals surface area (Å²) in [5.41, 5.74) is 7.17. The van der Waals surface area contributed by atoms with Crippen molar-refractivity contribution in [2.24, 2.45) is 17.8 Å². The van der Waals surface area contributed by atoms with Gasteiger partial charge in [0, 0.05) is 50.9 Å². The molecule has 0 spiro atoms. The van der Waals surface area contributed by atoms with Gasteiger partial charge < -0.3 is 10.6 Å². The Labute approximate surface area is 148 Å². The average Bonchev–Trinajstić information content (AvgIpc) is 3.30. The minimum Gasteiger partial charge on any atom is -0.387 e. The molecule has 2 heterocycles. The van der Waals surface area contributed by atoms with E-state index < -0.39 is 10.0 Å². The highest BCUT2D eigenvalue weighted by Crippen LogP contribution is 2.40. The molecule has 25 heavy (non-hydrogen) atoms. The molecule has 3 N–H and O–H groups in total. The molecule has 138 valence electrons. The predicted molar refractivity (Wildman–Crippen MR) is 96.8 cm³/mol. The Bertz CT molecular complexity index is 787. The summed E-state index contributed by atoms with van der Waals surface area (Å²) in [6, 6.07) is 1.96. The van der Waals surface area contributed by atoms with Crippen LogP contribution in [0.1, 0.15) is 30.9 Å². The lowest BCUT2D eigenvalue weighted by molar-refractivity contribution is 0.264. The van der Waals surface area contributed by atoms with Crippen molar-refractivity contribution in [1.82, 2.24) is 19.0 Å². The molecule has 0 aromatic carbocycles. The molecular weight excluding hydrogens is 342 g/mol. The molecule has 1 saturated carbocycles. The van der Waals surface area contributed by atoms with E-state index in [1.54, 1.807) is 0 Å². The Balaban J connectivity index is 1.56. The molecule has 1 saturated heterocycles. The van der Waals surface area contributed by atoms with Crippen molar-refractivity contribution in [3.8, 4) is 0 Å². The zero-order valence-corrected chi connectivity index (χ0v) is 15.5. The molecule has 9 nitrogen and oxygen atoms in total. The number of amidine groups is 2. The number of aryl methyl sites for hydroxylation is 1. The van der Waals surface area contributed by atoms with Gasteiger partial charge in [-0.2, -0.15) is 9.40 Å². The molecule has 1 aromatic heterocycles. The number of hydrogen-bond acceptors (Lipinski definition) is 5. The number of nitrogens with one attached hydrogen (secondary N) is 1. The number of aliphatic imine (C=N–C) groups is 1. The van der Waals surface area contributed by atoms with Gasteiger partial charge in [-0.05, 0) is 12.8 Å². The third-order valence-corrected chi connectivity index (χ3v) is 5.90. The van der Waals surface area contributed by atoms with Gasteiger partial charge in [0.2, 0.25) is 10.0 Å². The molecule has 1 aliphatic heterocycles. The molecule has 0 atom stereocenters. The number of rotatable bonds is 5. The fraction of sp³-hybridized carbons (Fsp3) is 0.667. The van der Waals surface area contributed by atoms with Gasteiger partial charge in [-0.15, -0.1) is 0 Å². The predicted octanol–water partition coefficient (Wildman–Crippen LogP) is 0.231. The van der Waals surface area contributed by atoms with Gasteiger partial charge in [0.15, 0.2) is 5.82 Å². The van der Waals surface area contributed by atoms with Crippen molar-refractivity contribution in [1.29, 1.82) is 5.41 Å². The molecular formula is C15H25N7O2S. The molecule has 2 fully saturated rings. The van der Waals surface area contributed by atoms with Gasteiger partial charge >= 0.3 is 0 Å². The third kappa shape index (κ3) is 4.37. The van der Waals surface area contributed by atoms with Crippen LogP contribution in [-0.4, -0.2) is 71.5 Å². The molecule has 0 radical (unpaired) electrons. The standard InChI is InChI=1S/C15H25N7O2S/c1-20-12(11-3-4-11)9-15(19-20)18-13(16)10-14(17)21-5-7-22(8-6-21)25(2,23)24/h9,11,17H,3-8,10H2,1-2H3,(H2,16,18,19). The lowest BCUT2D eigenvalue weighted by Gasteiger charge is -2.34. The summed E-state index contributed by atoms with van der Waals surface area (Å²) in [6.45, 7) is 1.77. The summed E-state index contributed by atoms with van der Waals surface area (Å²) in [7, 11) is -1.26. The molecule has 0 amide bonds. The highest BCUT2D eigenvalue weighted by atomic mass is 32.2. The van der Waals surface area contributed by atoms with Crippen LogP contribution in [0.4, 0.5) is 5.82 Å². The second-order valence-electron chi connectivity index (χ2n) is 6.70. The molecule has 1 aliphatic carbocycles. The summed E-state index contributed by atoms with van der Waals surface area (Å²) in [6.07, 6.45) is 3.83. The first-order valence-electron chi connectivity index (χ1n) is 8.38. The van der Waals surface area contributed by atoms with Gasteiger partial charge in [0.05, 0.1) is 12.7 Å². The maximum atomic E-state index is 11.5. The maximum Gasteiger partial charge on any atom is 0.211 e. The van der Waals surface area contributed by atoms with Crippen molar-refractivity contribution in [2.45, 2.75) is 25.2 Å². The highest BCUT2D eigenvalue weighted by Gasteiger charge is 2.27. The molecule has 1 aromatic rings. The summed E-state index contributed by atoms with van der Waals surface area (Å²) in [5, 5.41) is 12.6. The van der Waals surface area contributed by atoms with E-state index in [1.807, 2.05) is 22.7 Å². The van der Waals surface area contributed by atoms with Gasteiger partial charge in [-0.25, -0.2) is 13.4 Å². The van der Waals surface area contributed by atoms with E-state index in [0.717, 1.165) is 0 Å². The van der Waals surface area contributed by atoms with Crippen LogP contribution in [0.2, 0.25) is 0 Å². The SMILES string of the molecule is Cn1nc(N=C(N)CC(=N)N2CCN(S(C)(=O)=O)CC2)cc1C1CC1. The van der Waals surface area contributed by atoms with Gasteiger partial charge in [0.25, 0.3) is 0 Å². The van der Waals surface area contributed by atoms with Crippen molar-refractivity contribution < 1.29 is 8.42 Å². The Morgan fingerprint density at radius 2 is 2.00 bits per heavy atom. The quantitative estimate of drug-likeness (QED) is 0.570. The molecule has 3 rings (SSSR count). The fourth-order valence-electron chi connectivity index (χ4n) is 3.04. The average molecular weight is 367 g/mol. The van der Waals surface area contributed by atoms with E-state index in [4.69, 9.17) is 11.1 Å². The van der Waals surface area contributed by atoms with Crippen LogP contribution >= 0.6 is 0 Å². The van der Waals surface area contributed by atoms with Crippen LogP contribution in [0.5, 0.6) is 0 Å². The van der Waals surface area contributed by atoms with Crippen LogP contribution in [0.25, 0.3) is 0 Å². The number of aromatic nitrogens is 2. The third-order valence-electron chi connectivity index (χ3n) is 4.59. The van der Waals surface area contributed by atoms with Crippen LogP contribution < -0.4 is 5.73 Å². The number of nitrogens with zero attached hydrogens (tertiary/aromatic N) is 5. The largest absolute Gasteiger partial charge is 0.387 e. The first-order chi connectivity index (χ1) is 11.7. The van der Waals surface area contributed by atoms with Crippen molar-refractivity contribution >= 4 is 27.5 Å². The Morgan fingerprint density at radius 1 is 1.36 bits per heavy atom. The zero-order valence-electron chi connectivity index (χ0n) is 14.6. The van der Waals surface area contributed by atoms with Crippen molar-refractivity contribution in [3.05, 3.63) is 11.8 Å². The van der Waals surface area contributed by atoms with Crippen LogP contribution in [0.15, 0.2) is 11.1 Å². The van der Waals surface area contributed by atoms with Gasteiger partial charge in [-0.1, -0.05) is 0 Å². The highest BCUT2D eigenvalue weighted by molar-refractivity contribution is 7.88. The van der Waals surface area contributed by atoms with Crippen LogP contribution in [-0.2, 0) is 17.1 Å².